The maximum atomic E-state index is 13.2. The number of halogens is 17. The normalized spacial score (nSPS) is 14.0. The van der Waals surface area contributed by atoms with Gasteiger partial charge in [0.15, 0.2) is 0 Å². The van der Waals surface area contributed by atoms with Crippen LogP contribution in [0.2, 0.25) is 0 Å². The topological polar surface area (TPSA) is 311 Å². The number of nitriles is 2. The van der Waals surface area contributed by atoms with Gasteiger partial charge in [0, 0.05) is 48.1 Å². The number of alkyl halides is 17. The summed E-state index contributed by atoms with van der Waals surface area (Å²) in [6.45, 7) is -3.65. The molecular weight excluding hydrogens is 1390 g/mol. The minimum atomic E-state index is -5.15. The van der Waals surface area contributed by atoms with Gasteiger partial charge in [0.05, 0.1) is 53.9 Å². The Balaban J connectivity index is 0. The van der Waals surface area contributed by atoms with Crippen molar-refractivity contribution in [2.75, 3.05) is 86.4 Å². The van der Waals surface area contributed by atoms with Crippen LogP contribution in [0.1, 0.15) is 109 Å². The Hall–Kier alpha value is -7.35. The van der Waals surface area contributed by atoms with E-state index >= 15 is 0 Å². The van der Waals surface area contributed by atoms with Crippen molar-refractivity contribution < 1.29 is 141 Å². The first-order valence-corrected chi connectivity index (χ1v) is 30.2. The molecule has 5 atom stereocenters. The summed E-state index contributed by atoms with van der Waals surface area (Å²) in [6, 6.07) is 23.5. The van der Waals surface area contributed by atoms with Crippen LogP contribution in [-0.2, 0) is 39.0 Å². The van der Waals surface area contributed by atoms with E-state index in [9.17, 15) is 99.6 Å². The van der Waals surface area contributed by atoms with Crippen LogP contribution >= 0.6 is 11.6 Å². The van der Waals surface area contributed by atoms with Gasteiger partial charge in [-0.25, -0.2) is 0 Å². The quantitative estimate of drug-likeness (QED) is 0.00838. The van der Waals surface area contributed by atoms with Crippen molar-refractivity contribution in [3.8, 4) is 24.0 Å². The van der Waals surface area contributed by atoms with Crippen LogP contribution < -0.4 is 30.7 Å². The molecule has 0 fully saturated rings. The third-order valence-electron chi connectivity index (χ3n) is 14.3. The SMILES string of the molecule is COc1ccc(C(OCC(O)COCC(CCCNC(=O)C(F)F)(CCCNC(=O)C(F)(F)F)CCCC(F)(F)F)(c2ccccc2)c2ccc(OC)cc2)cc1.N#CO.N#CO.O=C(NCCCC(CCCNC(=O)C(F)(F)F)(CCCC(F)(F)F)COCC(O)CO)C(F)F.[2H]C([3H])Cl. The van der Waals surface area contributed by atoms with Crippen molar-refractivity contribution in [1.29, 1.82) is 10.5 Å². The van der Waals surface area contributed by atoms with E-state index in [1.807, 2.05) is 65.2 Å². The van der Waals surface area contributed by atoms with E-state index in [2.05, 4.69) is 11.6 Å². The second kappa shape index (κ2) is 49.2. The Morgan fingerprint density at radius 3 is 1.12 bits per heavy atom. The second-order valence-electron chi connectivity index (χ2n) is 21.6. The zero-order valence-electron chi connectivity index (χ0n) is 55.6. The standard InChI is InChI=1S/C40H48F8N2O7.C19H30F8N2O5.CH3Cl.2CHNO/c1-54-32-15-11-29(12-16-32)39(28-9-4-3-5-10-28,30-13-17-33(55-2)18-14-30)57-26-31(51)25-56-27-37(19-6-22-38(43,44)45,20-7-23-49-35(52)34(41)42)21-8-24-50-36(53)40(46,47)48;20-14(21)15(32)28-8-2-5-17(4-1-7-18(22,23)24,12-34-11-13(31)10-30)6-3-9-29-16(33)19(25,26)27;1-2;2*2-1-3/h3-5,9-18,31,34,51H,6-8,19-27H2,1-2H3,(H,49,52)(H,50,53);13-14,30-31H,1-12H2,(H,28,32)(H,29,33);1H3;2*3H/i;;1TD;;. The molecule has 0 aromatic heterocycles. The van der Waals surface area contributed by atoms with Crippen molar-refractivity contribution in [2.45, 2.75) is 145 Å². The average molecular weight is 1480 g/mol. The summed E-state index contributed by atoms with van der Waals surface area (Å²) >= 11 is 4.61. The van der Waals surface area contributed by atoms with Crippen molar-refractivity contribution in [3.63, 3.8) is 0 Å². The molecule has 3 rings (SSSR count). The number of ether oxygens (including phenoxy) is 5. The Kier molecular flexibility index (Phi) is 44.6. The molecule has 0 radical (unpaired) electrons. The first kappa shape index (κ1) is 89.7. The fraction of sp³-hybridized carbons (Fsp3) is 0.613. The van der Waals surface area contributed by atoms with Crippen LogP contribution in [0, 0.1) is 33.9 Å². The number of aliphatic hydroxyl groups is 5. The van der Waals surface area contributed by atoms with Gasteiger partial charge in [0.1, 0.15) is 29.3 Å². The van der Waals surface area contributed by atoms with E-state index in [-0.39, 0.29) is 117 Å². The molecule has 37 heteroatoms. The van der Waals surface area contributed by atoms with E-state index in [1.165, 1.54) is 14.2 Å². The predicted octanol–water partition coefficient (Wildman–Crippen LogP) is 11.0. The van der Waals surface area contributed by atoms with Crippen LogP contribution in [0.5, 0.6) is 11.5 Å². The number of carbonyl (C=O) groups is 4. The minimum absolute atomic E-state index is 0.00100. The summed E-state index contributed by atoms with van der Waals surface area (Å²) in [6.07, 6.45) is -31.5. The Bertz CT molecular complexity index is 2770. The first-order chi connectivity index (χ1) is 47.1. The average Bonchev–Trinajstić information content (AvgIpc) is 0.755. The number of rotatable bonds is 41. The van der Waals surface area contributed by atoms with Gasteiger partial charge in [0.25, 0.3) is 24.3 Å². The van der Waals surface area contributed by atoms with E-state index in [0.29, 0.717) is 28.2 Å². The number of hydrogen-bond donors (Lipinski definition) is 9. The van der Waals surface area contributed by atoms with Crippen LogP contribution in [0.15, 0.2) is 78.9 Å². The summed E-state index contributed by atoms with van der Waals surface area (Å²) in [5.41, 5.74) is -1.51. The summed E-state index contributed by atoms with van der Waals surface area (Å²) in [4.78, 5) is 44.7. The van der Waals surface area contributed by atoms with Crippen molar-refractivity contribution in [3.05, 3.63) is 95.6 Å². The molecule has 564 valence electrons. The predicted molar refractivity (Wildman–Crippen MR) is 324 cm³/mol. The summed E-state index contributed by atoms with van der Waals surface area (Å²) in [5.74, 6) is -6.26. The van der Waals surface area contributed by atoms with Gasteiger partial charge in [-0.15, -0.1) is 11.6 Å². The molecule has 0 spiro atoms. The van der Waals surface area contributed by atoms with Gasteiger partial charge in [-0.3, -0.25) is 19.2 Å². The molecule has 0 bridgehead atoms. The molecule has 99 heavy (non-hydrogen) atoms. The molecule has 0 aliphatic heterocycles. The number of hydrogen-bond acceptors (Lipinski definition) is 16. The summed E-state index contributed by atoms with van der Waals surface area (Å²) in [5, 5.41) is 64.4. The third-order valence-corrected chi connectivity index (χ3v) is 14.3. The molecule has 0 heterocycles. The highest BCUT2D eigenvalue weighted by Crippen LogP contribution is 2.43. The number of nitrogens with one attached hydrogen (secondary N) is 4. The Morgan fingerprint density at radius 2 is 0.828 bits per heavy atom. The van der Waals surface area contributed by atoms with Gasteiger partial charge in [-0.1, -0.05) is 54.6 Å². The molecule has 5 unspecified atom stereocenters. The number of nitrogens with zero attached hydrogens (tertiary/aromatic N) is 2. The molecule has 0 aliphatic rings. The molecule has 4 amide bonds. The lowest BCUT2D eigenvalue weighted by molar-refractivity contribution is -0.173. The number of aliphatic hydroxyl groups excluding tert-OH is 5. The molecule has 3 aromatic carbocycles. The van der Waals surface area contributed by atoms with Crippen molar-refractivity contribution in [2.24, 2.45) is 10.8 Å². The highest BCUT2D eigenvalue weighted by molar-refractivity contribution is 6.15. The third kappa shape index (κ3) is 40.5. The number of methoxy groups -OCH3 is 2. The monoisotopic (exact) mass is 1480 g/mol. The molecule has 0 saturated carbocycles. The minimum Gasteiger partial charge on any atom is -0.497 e. The van der Waals surface area contributed by atoms with Crippen LogP contribution in [0.4, 0.5) is 70.2 Å². The highest BCUT2D eigenvalue weighted by Gasteiger charge is 2.42. The van der Waals surface area contributed by atoms with Gasteiger partial charge in [0.2, 0.25) is 0 Å². The molecule has 20 nitrogen and oxygen atoms in total. The summed E-state index contributed by atoms with van der Waals surface area (Å²) in [7, 11) is 3.05. The zero-order chi connectivity index (χ0) is 77.5. The molecule has 9 N–H and O–H groups in total. The summed E-state index contributed by atoms with van der Waals surface area (Å²) < 4.78 is 244. The van der Waals surface area contributed by atoms with Gasteiger partial charge in [-0.05, 0) is 129 Å². The highest BCUT2D eigenvalue weighted by atomic mass is 35.5. The number of amides is 4. The molecule has 0 saturated heterocycles. The fourth-order valence-corrected chi connectivity index (χ4v) is 9.77. The van der Waals surface area contributed by atoms with Crippen LogP contribution in [-0.4, -0.2) is 185 Å². The lowest BCUT2D eigenvalue weighted by atomic mass is 9.75. The zero-order valence-corrected chi connectivity index (χ0v) is 54.3. The first-order valence-electron chi connectivity index (χ1n) is 30.9. The number of carbonyl (C=O) groups excluding carboxylic acids is 4. The lowest BCUT2D eigenvalue weighted by Crippen LogP contribution is -2.38. The van der Waals surface area contributed by atoms with Crippen LogP contribution in [0.25, 0.3) is 0 Å². The van der Waals surface area contributed by atoms with Gasteiger partial charge >= 0.3 is 49.4 Å². The maximum Gasteiger partial charge on any atom is 0.471 e. The Morgan fingerprint density at radius 1 is 0.525 bits per heavy atom. The van der Waals surface area contributed by atoms with Gasteiger partial charge < -0.3 is 70.5 Å². The van der Waals surface area contributed by atoms with E-state index in [0.717, 1.165) is 12.5 Å². The van der Waals surface area contributed by atoms with E-state index in [1.54, 1.807) is 34.9 Å². The van der Waals surface area contributed by atoms with E-state index < -0.39 is 135 Å². The van der Waals surface area contributed by atoms with Crippen LogP contribution in [0.3, 0.4) is 0 Å². The fourth-order valence-electron chi connectivity index (χ4n) is 9.77. The molecular formula is C62H83ClF16N6O14. The number of benzene rings is 3. The van der Waals surface area contributed by atoms with Crippen molar-refractivity contribution in [1.82, 2.24) is 21.3 Å². The van der Waals surface area contributed by atoms with Gasteiger partial charge in [-0.2, -0.15) is 80.8 Å². The largest absolute Gasteiger partial charge is 0.497 e. The Labute approximate surface area is 569 Å². The lowest BCUT2D eigenvalue weighted by Gasteiger charge is -2.37. The molecule has 3 aromatic rings. The second-order valence-corrected chi connectivity index (χ2v) is 21.6. The van der Waals surface area contributed by atoms with E-state index in [4.69, 9.17) is 52.3 Å². The smallest absolute Gasteiger partial charge is 0.471 e. The maximum absolute atomic E-state index is 13.2. The molecule has 0 aliphatic carbocycles. The van der Waals surface area contributed by atoms with Crippen molar-refractivity contribution >= 4 is 35.2 Å².